The molecule has 2 nitrogen and oxygen atoms in total. The summed E-state index contributed by atoms with van der Waals surface area (Å²) in [4.78, 5) is 10.6. The molecule has 0 atom stereocenters. The van der Waals surface area contributed by atoms with E-state index >= 15 is 0 Å². The first-order valence-electron chi connectivity index (χ1n) is 4.48. The second-order valence-electron chi connectivity index (χ2n) is 3.43. The number of rotatable bonds is 3. The first-order valence-corrected chi connectivity index (χ1v) is 4.86. The molecule has 1 aromatic rings. The minimum Gasteiger partial charge on any atom is -0.507 e. The topological polar surface area (TPSA) is 37.3 Å². The summed E-state index contributed by atoms with van der Waals surface area (Å²) in [7, 11) is 0. The van der Waals surface area contributed by atoms with Gasteiger partial charge in [0.2, 0.25) is 5.24 Å². The highest BCUT2D eigenvalue weighted by Gasteiger charge is 2.04. The van der Waals surface area contributed by atoms with Crippen LogP contribution in [0.15, 0.2) is 12.1 Å². The van der Waals surface area contributed by atoms with Gasteiger partial charge >= 0.3 is 0 Å². The molecule has 0 bridgehead atoms. The summed E-state index contributed by atoms with van der Waals surface area (Å²) >= 11 is 5.25. The zero-order valence-electron chi connectivity index (χ0n) is 8.30. The maximum absolute atomic E-state index is 10.6. The van der Waals surface area contributed by atoms with E-state index < -0.39 is 0 Å². The van der Waals surface area contributed by atoms with Crippen molar-refractivity contribution in [1.82, 2.24) is 0 Å². The normalized spacial score (nSPS) is 10.2. The van der Waals surface area contributed by atoms with E-state index in [0.717, 1.165) is 16.7 Å². The van der Waals surface area contributed by atoms with E-state index in [0.29, 0.717) is 18.6 Å². The SMILES string of the molecule is Cc1cc(CCC(=O)Cl)cc(C)c1O. The lowest BCUT2D eigenvalue weighted by atomic mass is 10.0. The van der Waals surface area contributed by atoms with Crippen molar-refractivity contribution in [1.29, 1.82) is 0 Å². The molecule has 0 radical (unpaired) electrons. The van der Waals surface area contributed by atoms with Gasteiger partial charge in [-0.2, -0.15) is 0 Å². The number of phenols is 1. The molecule has 14 heavy (non-hydrogen) atoms. The van der Waals surface area contributed by atoms with E-state index in [9.17, 15) is 9.90 Å². The minimum absolute atomic E-state index is 0.325. The number of phenolic OH excluding ortho intramolecular Hbond substituents is 1. The van der Waals surface area contributed by atoms with Crippen molar-refractivity contribution >= 4 is 16.8 Å². The van der Waals surface area contributed by atoms with Crippen LogP contribution in [0.2, 0.25) is 0 Å². The van der Waals surface area contributed by atoms with Crippen LogP contribution in [-0.2, 0) is 11.2 Å². The molecule has 0 aromatic heterocycles. The number of hydrogen-bond acceptors (Lipinski definition) is 2. The third kappa shape index (κ3) is 2.74. The second-order valence-corrected chi connectivity index (χ2v) is 3.85. The maximum Gasteiger partial charge on any atom is 0.221 e. The number of carbonyl (C=O) groups is 1. The number of aryl methyl sites for hydroxylation is 3. The Labute approximate surface area is 88.5 Å². The van der Waals surface area contributed by atoms with E-state index in [1.165, 1.54) is 0 Å². The van der Waals surface area contributed by atoms with E-state index in [1.54, 1.807) is 0 Å². The summed E-state index contributed by atoms with van der Waals surface area (Å²) in [5.74, 6) is 0.325. The molecule has 0 fully saturated rings. The smallest absolute Gasteiger partial charge is 0.221 e. The molecule has 0 unspecified atom stereocenters. The van der Waals surface area contributed by atoms with Crippen LogP contribution in [0.1, 0.15) is 23.1 Å². The Bertz CT molecular complexity index is 335. The zero-order valence-corrected chi connectivity index (χ0v) is 9.06. The molecule has 76 valence electrons. The van der Waals surface area contributed by atoms with E-state index in [2.05, 4.69) is 0 Å². The Morgan fingerprint density at radius 2 is 1.86 bits per heavy atom. The standard InChI is InChI=1S/C11H13ClO2/c1-7-5-9(3-4-10(12)13)6-8(2)11(7)14/h5-6,14H,3-4H2,1-2H3. The van der Waals surface area contributed by atoms with Crippen molar-refractivity contribution in [3.05, 3.63) is 28.8 Å². The van der Waals surface area contributed by atoms with Crippen LogP contribution in [0.5, 0.6) is 5.75 Å². The van der Waals surface area contributed by atoms with Crippen LogP contribution in [0.4, 0.5) is 0 Å². The van der Waals surface area contributed by atoms with Crippen molar-refractivity contribution < 1.29 is 9.90 Å². The van der Waals surface area contributed by atoms with Gasteiger partial charge in [-0.15, -0.1) is 0 Å². The van der Waals surface area contributed by atoms with Gasteiger partial charge in [0.15, 0.2) is 0 Å². The highest BCUT2D eigenvalue weighted by atomic mass is 35.5. The van der Waals surface area contributed by atoms with Crippen LogP contribution in [0.25, 0.3) is 0 Å². The summed E-state index contributed by atoms with van der Waals surface area (Å²) in [5.41, 5.74) is 2.70. The van der Waals surface area contributed by atoms with Gasteiger partial charge in [-0.25, -0.2) is 0 Å². The van der Waals surface area contributed by atoms with E-state index in [-0.39, 0.29) is 5.24 Å². The van der Waals surface area contributed by atoms with Crippen molar-refractivity contribution in [3.8, 4) is 5.75 Å². The van der Waals surface area contributed by atoms with Gasteiger partial charge in [-0.05, 0) is 48.6 Å². The molecule has 3 heteroatoms. The number of halogens is 1. The van der Waals surface area contributed by atoms with Crippen LogP contribution in [0.3, 0.4) is 0 Å². The zero-order chi connectivity index (χ0) is 10.7. The average molecular weight is 213 g/mol. The quantitative estimate of drug-likeness (QED) is 0.783. The summed E-state index contributed by atoms with van der Waals surface area (Å²) in [5, 5.41) is 9.19. The molecule has 1 aromatic carbocycles. The van der Waals surface area contributed by atoms with Crippen molar-refractivity contribution in [3.63, 3.8) is 0 Å². The van der Waals surface area contributed by atoms with Crippen LogP contribution < -0.4 is 0 Å². The van der Waals surface area contributed by atoms with Gasteiger partial charge in [0.05, 0.1) is 0 Å². The van der Waals surface area contributed by atoms with Gasteiger partial charge < -0.3 is 5.11 Å². The molecule has 1 rings (SSSR count). The first-order chi connectivity index (χ1) is 6.50. The highest BCUT2D eigenvalue weighted by Crippen LogP contribution is 2.23. The molecule has 0 aliphatic heterocycles. The van der Waals surface area contributed by atoms with Crippen molar-refractivity contribution in [2.75, 3.05) is 0 Å². The van der Waals surface area contributed by atoms with Crippen molar-refractivity contribution in [2.24, 2.45) is 0 Å². The first kappa shape index (κ1) is 11.1. The number of benzene rings is 1. The molecule has 0 saturated heterocycles. The molecule has 1 N–H and O–H groups in total. The molecular weight excluding hydrogens is 200 g/mol. The summed E-state index contributed by atoms with van der Waals surface area (Å²) in [6.07, 6.45) is 0.968. The number of hydrogen-bond donors (Lipinski definition) is 1. The lowest BCUT2D eigenvalue weighted by Crippen LogP contribution is -1.93. The largest absolute Gasteiger partial charge is 0.507 e. The van der Waals surface area contributed by atoms with Crippen LogP contribution >= 0.6 is 11.6 Å². The van der Waals surface area contributed by atoms with Gasteiger partial charge in [-0.1, -0.05) is 12.1 Å². The molecule has 0 spiro atoms. The van der Waals surface area contributed by atoms with Gasteiger partial charge in [-0.3, -0.25) is 4.79 Å². The Morgan fingerprint density at radius 1 is 1.36 bits per heavy atom. The van der Waals surface area contributed by atoms with Gasteiger partial charge in [0, 0.05) is 6.42 Å². The Balaban J connectivity index is 2.84. The minimum atomic E-state index is -0.326. The molecule has 0 aliphatic rings. The van der Waals surface area contributed by atoms with Gasteiger partial charge in [0.1, 0.15) is 5.75 Å². The van der Waals surface area contributed by atoms with Crippen LogP contribution in [-0.4, -0.2) is 10.3 Å². The van der Waals surface area contributed by atoms with E-state index in [4.69, 9.17) is 11.6 Å². The molecule has 0 heterocycles. The molecular formula is C11H13ClO2. The summed E-state index contributed by atoms with van der Waals surface area (Å²) < 4.78 is 0. The summed E-state index contributed by atoms with van der Waals surface area (Å²) in [6, 6.07) is 3.75. The average Bonchev–Trinajstić information content (AvgIpc) is 2.10. The lowest BCUT2D eigenvalue weighted by Gasteiger charge is -2.06. The maximum atomic E-state index is 10.6. The fourth-order valence-electron chi connectivity index (χ4n) is 1.43. The second kappa shape index (κ2) is 4.47. The molecule has 0 amide bonds. The predicted octanol–water partition coefficient (Wildman–Crippen LogP) is 2.71. The Morgan fingerprint density at radius 3 is 2.29 bits per heavy atom. The van der Waals surface area contributed by atoms with E-state index in [1.807, 2.05) is 26.0 Å². The lowest BCUT2D eigenvalue weighted by molar-refractivity contribution is -0.111. The predicted molar refractivity (Wildman–Crippen MR) is 56.8 cm³/mol. The monoisotopic (exact) mass is 212 g/mol. The Hall–Kier alpha value is -1.02. The fourth-order valence-corrected chi connectivity index (χ4v) is 1.53. The fraction of sp³-hybridized carbons (Fsp3) is 0.364. The number of carbonyl (C=O) groups excluding carboxylic acids is 1. The van der Waals surface area contributed by atoms with Gasteiger partial charge in [0.25, 0.3) is 0 Å². The third-order valence-electron chi connectivity index (χ3n) is 2.16. The summed E-state index contributed by atoms with van der Waals surface area (Å²) in [6.45, 7) is 3.68. The number of aromatic hydroxyl groups is 1. The van der Waals surface area contributed by atoms with Crippen LogP contribution in [0, 0.1) is 13.8 Å². The highest BCUT2D eigenvalue weighted by molar-refractivity contribution is 6.63. The Kier molecular flexibility index (Phi) is 3.53. The molecule has 0 saturated carbocycles. The van der Waals surface area contributed by atoms with Crippen molar-refractivity contribution in [2.45, 2.75) is 26.7 Å². The third-order valence-corrected chi connectivity index (χ3v) is 2.35. The molecule has 0 aliphatic carbocycles.